The molecule has 2 heteroatoms. The molecule has 0 radical (unpaired) electrons. The molecular weight excluding hydrogens is 236 g/mol. The maximum Gasteiger partial charge on any atom is 0.194 e. The second kappa shape index (κ2) is 3.51. The fourth-order valence-corrected chi connectivity index (χ4v) is 2.95. The molecule has 2 aromatic carbocycles. The second-order valence-electron chi connectivity index (χ2n) is 4.87. The van der Waals surface area contributed by atoms with Gasteiger partial charge in [0.2, 0.25) is 0 Å². The van der Waals surface area contributed by atoms with E-state index in [9.17, 15) is 9.59 Å². The lowest BCUT2D eigenvalue weighted by Crippen LogP contribution is -2.22. The van der Waals surface area contributed by atoms with Gasteiger partial charge in [-0.2, -0.15) is 0 Å². The van der Waals surface area contributed by atoms with Gasteiger partial charge in [0, 0.05) is 22.3 Å². The van der Waals surface area contributed by atoms with Gasteiger partial charge in [0.05, 0.1) is 0 Å². The van der Waals surface area contributed by atoms with Crippen molar-refractivity contribution in [3.05, 3.63) is 75.9 Å². The Balaban J connectivity index is 2.06. The molecule has 0 atom stereocenters. The Hall–Kier alpha value is -2.48. The molecule has 4 rings (SSSR count). The topological polar surface area (TPSA) is 34.1 Å². The zero-order valence-electron chi connectivity index (χ0n) is 10.1. The van der Waals surface area contributed by atoms with Crippen LogP contribution in [-0.2, 0) is 6.42 Å². The summed E-state index contributed by atoms with van der Waals surface area (Å²) in [7, 11) is 0. The van der Waals surface area contributed by atoms with E-state index in [1.165, 1.54) is 0 Å². The highest BCUT2D eigenvalue weighted by molar-refractivity contribution is 6.29. The van der Waals surface area contributed by atoms with E-state index < -0.39 is 0 Å². The predicted octanol–water partition coefficient (Wildman–Crippen LogP) is 3.03. The number of fused-ring (bicyclic) bond motifs is 4. The van der Waals surface area contributed by atoms with Crippen molar-refractivity contribution in [2.75, 3.05) is 0 Å². The molecule has 0 fully saturated rings. The van der Waals surface area contributed by atoms with Gasteiger partial charge in [0.25, 0.3) is 0 Å². The summed E-state index contributed by atoms with van der Waals surface area (Å²) < 4.78 is 0. The average molecular weight is 246 g/mol. The first-order valence-corrected chi connectivity index (χ1v) is 6.28. The second-order valence-corrected chi connectivity index (χ2v) is 4.87. The van der Waals surface area contributed by atoms with Crippen LogP contribution >= 0.6 is 0 Å². The molecule has 0 amide bonds. The van der Waals surface area contributed by atoms with Crippen LogP contribution in [0.15, 0.2) is 42.5 Å². The van der Waals surface area contributed by atoms with Crippen molar-refractivity contribution in [2.24, 2.45) is 0 Å². The lowest BCUT2D eigenvalue weighted by molar-refractivity contribution is 0.0978. The minimum Gasteiger partial charge on any atom is -0.289 e. The maximum absolute atomic E-state index is 12.6. The van der Waals surface area contributed by atoms with Gasteiger partial charge in [-0.15, -0.1) is 0 Å². The molecule has 90 valence electrons. The van der Waals surface area contributed by atoms with Crippen molar-refractivity contribution in [1.82, 2.24) is 0 Å². The summed E-state index contributed by atoms with van der Waals surface area (Å²) in [5.41, 5.74) is 4.24. The summed E-state index contributed by atoms with van der Waals surface area (Å²) in [6.45, 7) is 0. The van der Waals surface area contributed by atoms with Crippen molar-refractivity contribution < 1.29 is 9.59 Å². The van der Waals surface area contributed by atoms with E-state index in [4.69, 9.17) is 0 Å². The molecule has 0 saturated carbocycles. The fraction of sp³-hybridized carbons (Fsp3) is 0.0588. The van der Waals surface area contributed by atoms with Crippen LogP contribution in [0, 0.1) is 0 Å². The molecule has 0 spiro atoms. The van der Waals surface area contributed by atoms with E-state index in [2.05, 4.69) is 0 Å². The summed E-state index contributed by atoms with van der Waals surface area (Å²) in [4.78, 5) is 25.1. The van der Waals surface area contributed by atoms with E-state index in [1.807, 2.05) is 18.2 Å². The third-order valence-electron chi connectivity index (χ3n) is 3.86. The number of ketones is 2. The highest BCUT2D eigenvalue weighted by Crippen LogP contribution is 2.33. The Bertz CT molecular complexity index is 782. The molecule has 2 nitrogen and oxygen atoms in total. The van der Waals surface area contributed by atoms with E-state index >= 15 is 0 Å². The van der Waals surface area contributed by atoms with Crippen molar-refractivity contribution in [2.45, 2.75) is 6.42 Å². The molecular formula is C17H10O2. The smallest absolute Gasteiger partial charge is 0.194 e. The third-order valence-corrected chi connectivity index (χ3v) is 3.86. The number of hydrogen-bond acceptors (Lipinski definition) is 2. The van der Waals surface area contributed by atoms with Crippen LogP contribution in [0.5, 0.6) is 0 Å². The lowest BCUT2D eigenvalue weighted by atomic mass is 9.81. The van der Waals surface area contributed by atoms with Crippen LogP contribution in [0.25, 0.3) is 6.08 Å². The number of carbonyl (C=O) groups excluding carboxylic acids is 2. The maximum atomic E-state index is 12.6. The van der Waals surface area contributed by atoms with Gasteiger partial charge in [-0.1, -0.05) is 42.5 Å². The number of carbonyl (C=O) groups is 2. The Labute approximate surface area is 110 Å². The zero-order valence-corrected chi connectivity index (χ0v) is 10.1. The van der Waals surface area contributed by atoms with E-state index in [0.29, 0.717) is 22.3 Å². The largest absolute Gasteiger partial charge is 0.289 e. The van der Waals surface area contributed by atoms with Crippen LogP contribution in [0.1, 0.15) is 43.0 Å². The van der Waals surface area contributed by atoms with Gasteiger partial charge in [-0.25, -0.2) is 0 Å². The molecule has 0 aromatic heterocycles. The first-order valence-electron chi connectivity index (χ1n) is 6.28. The van der Waals surface area contributed by atoms with Gasteiger partial charge in [-0.05, 0) is 23.6 Å². The van der Waals surface area contributed by atoms with E-state index in [-0.39, 0.29) is 11.6 Å². The Morgan fingerprint density at radius 2 is 1.53 bits per heavy atom. The fourth-order valence-electron chi connectivity index (χ4n) is 2.95. The highest BCUT2D eigenvalue weighted by atomic mass is 16.1. The van der Waals surface area contributed by atoms with Crippen molar-refractivity contribution >= 4 is 17.6 Å². The van der Waals surface area contributed by atoms with Crippen LogP contribution < -0.4 is 0 Å². The first kappa shape index (κ1) is 10.4. The van der Waals surface area contributed by atoms with E-state index in [1.54, 1.807) is 30.3 Å². The third kappa shape index (κ3) is 1.26. The van der Waals surface area contributed by atoms with Crippen LogP contribution in [-0.4, -0.2) is 11.6 Å². The molecule has 2 aromatic rings. The molecule has 0 N–H and O–H groups in total. The SMILES string of the molecule is O=C1c2ccccc2C(=O)c2c1ccc1c2CC=C1. The predicted molar refractivity (Wildman–Crippen MR) is 72.5 cm³/mol. The number of rotatable bonds is 0. The molecule has 0 unspecified atom stereocenters. The minimum absolute atomic E-state index is 0.0225. The molecule has 2 aliphatic carbocycles. The number of benzene rings is 2. The van der Waals surface area contributed by atoms with Gasteiger partial charge in [0.1, 0.15) is 0 Å². The van der Waals surface area contributed by atoms with Gasteiger partial charge >= 0.3 is 0 Å². The lowest BCUT2D eigenvalue weighted by Gasteiger charge is -2.19. The van der Waals surface area contributed by atoms with Crippen LogP contribution in [0.2, 0.25) is 0 Å². The first-order chi connectivity index (χ1) is 9.27. The zero-order chi connectivity index (χ0) is 13.0. The monoisotopic (exact) mass is 246 g/mol. The van der Waals surface area contributed by atoms with Gasteiger partial charge in [0.15, 0.2) is 11.6 Å². The average Bonchev–Trinajstić information content (AvgIpc) is 2.92. The van der Waals surface area contributed by atoms with Crippen LogP contribution in [0.3, 0.4) is 0 Å². The molecule has 0 aliphatic heterocycles. The molecule has 0 bridgehead atoms. The van der Waals surface area contributed by atoms with Gasteiger partial charge in [-0.3, -0.25) is 9.59 Å². The minimum atomic E-state index is -0.0418. The molecule has 0 heterocycles. The summed E-state index contributed by atoms with van der Waals surface area (Å²) in [6, 6.07) is 10.8. The van der Waals surface area contributed by atoms with Crippen LogP contribution in [0.4, 0.5) is 0 Å². The Kier molecular flexibility index (Phi) is 1.93. The number of hydrogen-bond donors (Lipinski definition) is 0. The standard InChI is InChI=1S/C17H10O2/c18-16-12-5-1-2-6-13(12)17(19)15-11-7-3-4-10(11)8-9-14(15)16/h1-6,8-9H,7H2. The normalized spacial score (nSPS) is 15.2. The van der Waals surface area contributed by atoms with Gasteiger partial charge < -0.3 is 0 Å². The Morgan fingerprint density at radius 1 is 0.789 bits per heavy atom. The molecule has 2 aliphatic rings. The summed E-state index contributed by atoms with van der Waals surface area (Å²) in [6.07, 6.45) is 4.77. The summed E-state index contributed by atoms with van der Waals surface area (Å²) >= 11 is 0. The quantitative estimate of drug-likeness (QED) is 0.611. The van der Waals surface area contributed by atoms with Crippen molar-refractivity contribution in [3.63, 3.8) is 0 Å². The van der Waals surface area contributed by atoms with E-state index in [0.717, 1.165) is 17.5 Å². The summed E-state index contributed by atoms with van der Waals surface area (Å²) in [5, 5.41) is 0. The van der Waals surface area contributed by atoms with Crippen molar-refractivity contribution in [1.29, 1.82) is 0 Å². The summed E-state index contributed by atoms with van der Waals surface area (Å²) in [5.74, 6) is -0.0642. The number of allylic oxidation sites excluding steroid dienone is 1. The molecule has 19 heavy (non-hydrogen) atoms. The molecule has 0 saturated heterocycles. The highest BCUT2D eigenvalue weighted by Gasteiger charge is 2.32. The van der Waals surface area contributed by atoms with Crippen molar-refractivity contribution in [3.8, 4) is 0 Å². The Morgan fingerprint density at radius 3 is 2.32 bits per heavy atom.